The molecule has 1 amide bonds. The fraction of sp³-hybridized carbons (Fsp3) is 0.500. The molecular formula is C24H31N9O3S. The summed E-state index contributed by atoms with van der Waals surface area (Å²) in [6, 6.07) is -0.361. The lowest BCUT2D eigenvalue weighted by molar-refractivity contribution is -0.121. The summed E-state index contributed by atoms with van der Waals surface area (Å²) >= 11 is 1.20. The van der Waals surface area contributed by atoms with Gasteiger partial charge in [-0.05, 0) is 45.6 Å². The maximum atomic E-state index is 12.7. The number of nitrogens with one attached hydrogen (secondary N) is 3. The highest BCUT2D eigenvalue weighted by molar-refractivity contribution is 7.17. The molecule has 0 spiro atoms. The molecule has 0 aromatic carbocycles. The smallest absolute Gasteiger partial charge is 0.350 e. The average Bonchev–Trinajstić information content (AvgIpc) is 3.39. The summed E-state index contributed by atoms with van der Waals surface area (Å²) in [4.78, 5) is 47.9. The van der Waals surface area contributed by atoms with E-state index in [0.717, 1.165) is 50.2 Å². The molecule has 5 heterocycles. The largest absolute Gasteiger partial charge is 0.462 e. The minimum absolute atomic E-state index is 0.0137. The monoisotopic (exact) mass is 525 g/mol. The number of ether oxygens (including phenoxy) is 1. The van der Waals surface area contributed by atoms with E-state index in [1.54, 1.807) is 20.0 Å². The zero-order valence-electron chi connectivity index (χ0n) is 21.0. The van der Waals surface area contributed by atoms with Crippen molar-refractivity contribution in [3.8, 4) is 0 Å². The van der Waals surface area contributed by atoms with Crippen LogP contribution in [0.5, 0.6) is 0 Å². The molecule has 12 nitrogen and oxygen atoms in total. The summed E-state index contributed by atoms with van der Waals surface area (Å²) in [7, 11) is 0. The quantitative estimate of drug-likeness (QED) is 0.441. The molecule has 1 atom stereocenters. The van der Waals surface area contributed by atoms with E-state index in [1.807, 2.05) is 12.4 Å². The molecule has 0 bridgehead atoms. The maximum Gasteiger partial charge on any atom is 0.350 e. The molecule has 1 unspecified atom stereocenters. The van der Waals surface area contributed by atoms with Crippen LogP contribution in [0.2, 0.25) is 0 Å². The summed E-state index contributed by atoms with van der Waals surface area (Å²) in [6.45, 7) is 6.70. The van der Waals surface area contributed by atoms with Gasteiger partial charge < -0.3 is 25.2 Å². The number of hydrogen-bond acceptors (Lipinski definition) is 12. The molecule has 13 heteroatoms. The van der Waals surface area contributed by atoms with E-state index in [-0.39, 0.29) is 11.9 Å². The van der Waals surface area contributed by atoms with Crippen LogP contribution >= 0.6 is 11.3 Å². The van der Waals surface area contributed by atoms with Gasteiger partial charge in [0.1, 0.15) is 22.6 Å². The number of aryl methyl sites for hydroxylation is 1. The Kier molecular flexibility index (Phi) is 7.49. The molecule has 3 aliphatic rings. The van der Waals surface area contributed by atoms with Crippen LogP contribution in [0.15, 0.2) is 17.3 Å². The third-order valence-corrected chi connectivity index (χ3v) is 7.41. The Bertz CT molecular complexity index is 1230. The van der Waals surface area contributed by atoms with Gasteiger partial charge in [-0.15, -0.1) is 0 Å². The molecule has 5 rings (SSSR count). The predicted molar refractivity (Wildman–Crippen MR) is 143 cm³/mol. The van der Waals surface area contributed by atoms with Crippen molar-refractivity contribution in [1.82, 2.24) is 25.2 Å². The van der Waals surface area contributed by atoms with Gasteiger partial charge in [0.25, 0.3) is 0 Å². The van der Waals surface area contributed by atoms with E-state index < -0.39 is 5.97 Å². The van der Waals surface area contributed by atoms with Gasteiger partial charge in [-0.2, -0.15) is 9.97 Å². The number of amides is 1. The van der Waals surface area contributed by atoms with Gasteiger partial charge in [-0.1, -0.05) is 11.3 Å². The lowest BCUT2D eigenvalue weighted by Crippen LogP contribution is -2.38. The van der Waals surface area contributed by atoms with E-state index in [1.165, 1.54) is 11.3 Å². The van der Waals surface area contributed by atoms with Crippen LogP contribution < -0.4 is 20.9 Å². The average molecular weight is 526 g/mol. The minimum atomic E-state index is -0.398. The first-order valence-corrected chi connectivity index (χ1v) is 13.4. The summed E-state index contributed by atoms with van der Waals surface area (Å²) in [5.74, 6) is 1.38. The minimum Gasteiger partial charge on any atom is -0.462 e. The van der Waals surface area contributed by atoms with Crippen LogP contribution in [0.3, 0.4) is 0 Å². The molecule has 0 saturated carbocycles. The molecule has 0 aliphatic carbocycles. The van der Waals surface area contributed by atoms with Gasteiger partial charge in [-0.25, -0.2) is 14.8 Å². The number of nitrogens with zero attached hydrogens (tertiary/aromatic N) is 6. The second-order valence-corrected chi connectivity index (χ2v) is 10.0. The van der Waals surface area contributed by atoms with E-state index in [4.69, 9.17) is 14.7 Å². The van der Waals surface area contributed by atoms with Crippen molar-refractivity contribution in [2.45, 2.75) is 45.6 Å². The lowest BCUT2D eigenvalue weighted by Gasteiger charge is -2.27. The molecule has 37 heavy (non-hydrogen) atoms. The van der Waals surface area contributed by atoms with Gasteiger partial charge in [-0.3, -0.25) is 10.1 Å². The number of aromatic nitrogens is 3. The van der Waals surface area contributed by atoms with Crippen LogP contribution in [0.4, 0.5) is 22.7 Å². The summed E-state index contributed by atoms with van der Waals surface area (Å²) < 4.78 is 5.14. The zero-order valence-corrected chi connectivity index (χ0v) is 21.8. The van der Waals surface area contributed by atoms with Crippen molar-refractivity contribution in [1.29, 1.82) is 0 Å². The van der Waals surface area contributed by atoms with Gasteiger partial charge in [0.05, 0.1) is 25.3 Å². The summed E-state index contributed by atoms with van der Waals surface area (Å²) in [5.41, 5.74) is 1.56. The second kappa shape index (κ2) is 11.1. The number of esters is 1. The summed E-state index contributed by atoms with van der Waals surface area (Å²) in [5, 5.41) is 10.1. The van der Waals surface area contributed by atoms with E-state index in [0.29, 0.717) is 47.3 Å². The number of carbonyl (C=O) groups excluding carboxylic acids is 2. The highest BCUT2D eigenvalue weighted by Gasteiger charge is 2.30. The third kappa shape index (κ3) is 5.66. The lowest BCUT2D eigenvalue weighted by atomic mass is 10.1. The zero-order chi connectivity index (χ0) is 25.8. The second-order valence-electron chi connectivity index (χ2n) is 9.04. The SMILES string of the molecule is CCOC(=O)c1sc(Nc2nc(NC3CCCCNC3=O)c3c(n2)N(CN2C=NC=CC2)CC3)nc1C. The predicted octanol–water partition coefficient (Wildman–Crippen LogP) is 2.42. The molecule has 1 saturated heterocycles. The number of thiazole rings is 1. The number of rotatable bonds is 8. The highest BCUT2D eigenvalue weighted by atomic mass is 32.1. The van der Waals surface area contributed by atoms with Crippen molar-refractivity contribution in [3.05, 3.63) is 28.4 Å². The van der Waals surface area contributed by atoms with E-state index in [9.17, 15) is 9.59 Å². The van der Waals surface area contributed by atoms with Crippen LogP contribution in [-0.4, -0.2) is 77.0 Å². The molecule has 2 aromatic rings. The van der Waals surface area contributed by atoms with E-state index >= 15 is 0 Å². The van der Waals surface area contributed by atoms with Crippen molar-refractivity contribution in [2.24, 2.45) is 4.99 Å². The fourth-order valence-corrected chi connectivity index (χ4v) is 5.39. The number of fused-ring (bicyclic) bond motifs is 1. The Morgan fingerprint density at radius 3 is 3.00 bits per heavy atom. The Morgan fingerprint density at radius 1 is 1.30 bits per heavy atom. The van der Waals surface area contributed by atoms with Crippen LogP contribution in [0.25, 0.3) is 0 Å². The van der Waals surface area contributed by atoms with E-state index in [2.05, 4.69) is 35.7 Å². The van der Waals surface area contributed by atoms with Crippen molar-refractivity contribution in [2.75, 3.05) is 48.4 Å². The third-order valence-electron chi connectivity index (χ3n) is 6.35. The Hall–Kier alpha value is -3.74. The fourth-order valence-electron chi connectivity index (χ4n) is 4.54. The number of anilines is 4. The Morgan fingerprint density at radius 2 is 2.19 bits per heavy atom. The first-order valence-electron chi connectivity index (χ1n) is 12.6. The van der Waals surface area contributed by atoms with Crippen molar-refractivity contribution < 1.29 is 14.3 Å². The molecule has 3 aliphatic heterocycles. The van der Waals surface area contributed by atoms with Gasteiger partial charge in [0.15, 0.2) is 5.13 Å². The van der Waals surface area contributed by atoms with Gasteiger partial charge in [0.2, 0.25) is 11.9 Å². The molecule has 3 N–H and O–H groups in total. The first kappa shape index (κ1) is 24.9. The maximum absolute atomic E-state index is 12.7. The first-order chi connectivity index (χ1) is 18.0. The number of hydrogen-bond donors (Lipinski definition) is 3. The molecule has 196 valence electrons. The number of carbonyl (C=O) groups is 2. The Balaban J connectivity index is 1.44. The molecule has 0 radical (unpaired) electrons. The normalized spacial score (nSPS) is 18.9. The van der Waals surface area contributed by atoms with Gasteiger partial charge in [0, 0.05) is 31.4 Å². The standard InChI is InChI=1S/C24H31N9O3S/c1-3-36-22(35)18-15(2)27-24(37-18)31-23-29-19(28-17-7-4-5-10-26-21(17)34)16-8-12-33(20(16)30-23)14-32-11-6-9-25-13-32/h6,9,13,17H,3-5,7-8,10-12,14H2,1-2H3,(H,26,34)(H2,27,28,29,30,31). The van der Waals surface area contributed by atoms with Crippen LogP contribution in [0.1, 0.15) is 47.1 Å². The Labute approximate surface area is 219 Å². The summed E-state index contributed by atoms with van der Waals surface area (Å²) in [6.07, 6.45) is 9.04. The molecular weight excluding hydrogens is 494 g/mol. The molecule has 1 fully saturated rings. The number of aliphatic imine (C=N–C) groups is 1. The molecule has 2 aromatic heterocycles. The van der Waals surface area contributed by atoms with Gasteiger partial charge >= 0.3 is 5.97 Å². The topological polar surface area (TPSA) is 137 Å². The van der Waals surface area contributed by atoms with Crippen molar-refractivity contribution >= 4 is 52.3 Å². The van der Waals surface area contributed by atoms with Crippen LogP contribution in [-0.2, 0) is 16.0 Å². The van der Waals surface area contributed by atoms with Crippen molar-refractivity contribution in [3.63, 3.8) is 0 Å². The van der Waals surface area contributed by atoms with Crippen LogP contribution in [0, 0.1) is 6.92 Å². The highest BCUT2D eigenvalue weighted by Crippen LogP contribution is 2.34.